The number of nitrogens with one attached hydrogen (secondary N) is 2. The first-order valence-corrected chi connectivity index (χ1v) is 10.4. The number of carbonyl (C=O) groups is 1. The lowest BCUT2D eigenvalue weighted by molar-refractivity contribution is -0.120. The number of benzene rings is 3. The summed E-state index contributed by atoms with van der Waals surface area (Å²) in [5.41, 5.74) is 2.64. The van der Waals surface area contributed by atoms with E-state index in [1.165, 1.54) is 0 Å². The van der Waals surface area contributed by atoms with Crippen LogP contribution in [0.3, 0.4) is 0 Å². The van der Waals surface area contributed by atoms with Crippen molar-refractivity contribution in [1.29, 1.82) is 0 Å². The number of carbonyl (C=O) groups excluding carboxylic acids is 1. The van der Waals surface area contributed by atoms with Crippen molar-refractivity contribution < 1.29 is 14.3 Å². The molecule has 1 heterocycles. The summed E-state index contributed by atoms with van der Waals surface area (Å²) in [4.78, 5) is 23.8. The fraction of sp³-hybridized carbons (Fsp3) is 0.0833. The first kappa shape index (κ1) is 22.0. The van der Waals surface area contributed by atoms with Crippen molar-refractivity contribution in [3.05, 3.63) is 95.0 Å². The van der Waals surface area contributed by atoms with Crippen LogP contribution in [0.5, 0.6) is 11.8 Å². The molecule has 0 aliphatic heterocycles. The van der Waals surface area contributed by atoms with E-state index in [4.69, 9.17) is 21.1 Å². The minimum absolute atomic E-state index is 0.162. The molecule has 166 valence electrons. The van der Waals surface area contributed by atoms with Gasteiger partial charge in [0.05, 0.1) is 0 Å². The third kappa shape index (κ3) is 6.65. The lowest BCUT2D eigenvalue weighted by atomic mass is 10.2. The maximum absolute atomic E-state index is 10.6. The van der Waals surface area contributed by atoms with E-state index in [0.29, 0.717) is 42.0 Å². The van der Waals surface area contributed by atoms with Crippen molar-refractivity contribution in [3.63, 3.8) is 0 Å². The van der Waals surface area contributed by atoms with Crippen molar-refractivity contribution in [2.24, 2.45) is 0 Å². The molecule has 8 nitrogen and oxygen atoms in total. The van der Waals surface area contributed by atoms with Gasteiger partial charge in [0.2, 0.25) is 11.9 Å². The summed E-state index contributed by atoms with van der Waals surface area (Å²) < 4.78 is 10.7. The third-order valence-electron chi connectivity index (χ3n) is 4.46. The predicted molar refractivity (Wildman–Crippen MR) is 126 cm³/mol. The Morgan fingerprint density at radius 2 is 1.64 bits per heavy atom. The van der Waals surface area contributed by atoms with Crippen LogP contribution < -0.4 is 20.1 Å². The number of aromatic nitrogens is 3. The second kappa shape index (κ2) is 10.9. The molecule has 33 heavy (non-hydrogen) atoms. The molecule has 0 atom stereocenters. The van der Waals surface area contributed by atoms with Crippen LogP contribution in [-0.2, 0) is 17.9 Å². The molecule has 0 fully saturated rings. The van der Waals surface area contributed by atoms with Crippen molar-refractivity contribution in [2.75, 3.05) is 10.6 Å². The van der Waals surface area contributed by atoms with Gasteiger partial charge in [-0.15, -0.1) is 0 Å². The van der Waals surface area contributed by atoms with Crippen molar-refractivity contribution in [2.45, 2.75) is 13.2 Å². The second-order valence-electron chi connectivity index (χ2n) is 6.89. The zero-order valence-electron chi connectivity index (χ0n) is 17.4. The topological polar surface area (TPSA) is 98.3 Å². The molecule has 0 amide bonds. The summed E-state index contributed by atoms with van der Waals surface area (Å²) in [6.45, 7) is 1.17. The lowest BCUT2D eigenvalue weighted by Gasteiger charge is -2.11. The van der Waals surface area contributed by atoms with Gasteiger partial charge >= 0.3 is 6.01 Å². The first-order chi connectivity index (χ1) is 16.2. The highest BCUT2D eigenvalue weighted by Crippen LogP contribution is 2.22. The molecule has 0 radical (unpaired) electrons. The Bertz CT molecular complexity index is 1210. The molecule has 0 unspecified atom stereocenters. The Morgan fingerprint density at radius 1 is 0.848 bits per heavy atom. The van der Waals surface area contributed by atoms with Gasteiger partial charge in [0.15, 0.2) is 0 Å². The van der Waals surface area contributed by atoms with E-state index in [1.54, 1.807) is 24.3 Å². The van der Waals surface area contributed by atoms with Crippen LogP contribution in [-0.4, -0.2) is 21.4 Å². The molecule has 1 aromatic heterocycles. The van der Waals surface area contributed by atoms with Gasteiger partial charge in [-0.3, -0.25) is 4.79 Å². The molecule has 3 aromatic carbocycles. The third-order valence-corrected chi connectivity index (χ3v) is 4.72. The van der Waals surface area contributed by atoms with Crippen molar-refractivity contribution in [1.82, 2.24) is 15.0 Å². The highest BCUT2D eigenvalue weighted by Gasteiger charge is 2.10. The van der Waals surface area contributed by atoms with E-state index in [1.807, 2.05) is 54.6 Å². The SMILES string of the molecule is O=COc1cccc(Nc2nc(NCc3ccc(Cl)cc3)nc(OCc3ccccc3)n2)c1. The number of hydrogen-bond acceptors (Lipinski definition) is 8. The molecule has 0 bridgehead atoms. The van der Waals surface area contributed by atoms with E-state index >= 15 is 0 Å². The largest absolute Gasteiger partial charge is 0.458 e. The minimum atomic E-state index is 0.162. The fourth-order valence-electron chi connectivity index (χ4n) is 2.89. The standard InChI is InChI=1S/C24H20ClN5O3/c25-19-11-9-17(10-12-19)14-26-22-28-23(27-20-7-4-8-21(13-20)33-16-31)30-24(29-22)32-15-18-5-2-1-3-6-18/h1-13,16H,14-15H2,(H2,26,27,28,29,30). The summed E-state index contributed by atoms with van der Waals surface area (Å²) in [6, 6.07) is 24.2. The Balaban J connectivity index is 1.54. The van der Waals surface area contributed by atoms with Gasteiger partial charge < -0.3 is 20.1 Å². The van der Waals surface area contributed by atoms with Crippen molar-refractivity contribution >= 4 is 35.7 Å². The second-order valence-corrected chi connectivity index (χ2v) is 7.32. The van der Waals surface area contributed by atoms with E-state index in [2.05, 4.69) is 25.6 Å². The highest BCUT2D eigenvalue weighted by atomic mass is 35.5. The van der Waals surface area contributed by atoms with Gasteiger partial charge in [0.25, 0.3) is 6.47 Å². The van der Waals surface area contributed by atoms with E-state index in [0.717, 1.165) is 11.1 Å². The number of nitrogens with zero attached hydrogens (tertiary/aromatic N) is 3. The monoisotopic (exact) mass is 461 g/mol. The van der Waals surface area contributed by atoms with Crippen LogP contribution in [0.1, 0.15) is 11.1 Å². The molecule has 0 saturated carbocycles. The van der Waals surface area contributed by atoms with Crippen LogP contribution >= 0.6 is 11.6 Å². The summed E-state index contributed by atoms with van der Waals surface area (Å²) in [6.07, 6.45) is 0. The molecular weight excluding hydrogens is 442 g/mol. The van der Waals surface area contributed by atoms with Gasteiger partial charge in [-0.2, -0.15) is 15.0 Å². The minimum Gasteiger partial charge on any atom is -0.458 e. The molecule has 0 aliphatic rings. The predicted octanol–water partition coefficient (Wildman–Crippen LogP) is 4.99. The number of halogens is 1. The smallest absolute Gasteiger partial charge is 0.323 e. The number of rotatable bonds is 10. The van der Waals surface area contributed by atoms with E-state index in [-0.39, 0.29) is 12.0 Å². The maximum atomic E-state index is 10.6. The van der Waals surface area contributed by atoms with Crippen molar-refractivity contribution in [3.8, 4) is 11.8 Å². The van der Waals surface area contributed by atoms with E-state index in [9.17, 15) is 4.79 Å². The first-order valence-electron chi connectivity index (χ1n) is 10.1. The zero-order valence-corrected chi connectivity index (χ0v) is 18.2. The summed E-state index contributed by atoms with van der Waals surface area (Å²) in [7, 11) is 0. The Hall–Kier alpha value is -4.17. The van der Waals surface area contributed by atoms with Gasteiger partial charge in [0.1, 0.15) is 12.4 Å². The maximum Gasteiger partial charge on any atom is 0.323 e. The lowest BCUT2D eigenvalue weighted by Crippen LogP contribution is -2.09. The number of hydrogen-bond donors (Lipinski definition) is 2. The van der Waals surface area contributed by atoms with Crippen LogP contribution in [0.15, 0.2) is 78.9 Å². The Morgan fingerprint density at radius 3 is 2.42 bits per heavy atom. The van der Waals surface area contributed by atoms with Gasteiger partial charge in [-0.25, -0.2) is 0 Å². The molecule has 0 aliphatic carbocycles. The van der Waals surface area contributed by atoms with Crippen LogP contribution in [0.4, 0.5) is 17.6 Å². The van der Waals surface area contributed by atoms with Crippen LogP contribution in [0.2, 0.25) is 5.02 Å². The fourth-order valence-corrected chi connectivity index (χ4v) is 3.02. The summed E-state index contributed by atoms with van der Waals surface area (Å²) in [5, 5.41) is 6.94. The molecule has 2 N–H and O–H groups in total. The molecule has 4 rings (SSSR count). The molecular formula is C24H20ClN5O3. The number of ether oxygens (including phenoxy) is 2. The normalized spacial score (nSPS) is 10.3. The molecule has 9 heteroatoms. The van der Waals surface area contributed by atoms with Gasteiger partial charge in [-0.1, -0.05) is 60.1 Å². The average molecular weight is 462 g/mol. The van der Waals surface area contributed by atoms with E-state index < -0.39 is 0 Å². The molecule has 0 spiro atoms. The van der Waals surface area contributed by atoms with Crippen LogP contribution in [0, 0.1) is 0 Å². The quantitative estimate of drug-likeness (QED) is 0.318. The Labute approximate surface area is 195 Å². The van der Waals surface area contributed by atoms with Gasteiger partial charge in [-0.05, 0) is 35.4 Å². The average Bonchev–Trinajstić information content (AvgIpc) is 2.83. The summed E-state index contributed by atoms with van der Waals surface area (Å²) in [5.74, 6) is 1.01. The zero-order chi connectivity index (χ0) is 22.9. The molecule has 4 aromatic rings. The molecule has 0 saturated heterocycles. The summed E-state index contributed by atoms with van der Waals surface area (Å²) >= 11 is 5.96. The Kier molecular flexibility index (Phi) is 7.29. The van der Waals surface area contributed by atoms with Gasteiger partial charge in [0, 0.05) is 23.3 Å². The highest BCUT2D eigenvalue weighted by molar-refractivity contribution is 6.30. The van der Waals surface area contributed by atoms with Crippen LogP contribution in [0.25, 0.3) is 0 Å². The number of anilines is 3.